The monoisotopic (exact) mass is 392 g/mol. The summed E-state index contributed by atoms with van der Waals surface area (Å²) in [7, 11) is 2.11. The van der Waals surface area contributed by atoms with Gasteiger partial charge in [0, 0.05) is 38.1 Å². The van der Waals surface area contributed by atoms with Gasteiger partial charge >= 0.3 is 0 Å². The lowest BCUT2D eigenvalue weighted by molar-refractivity contribution is -0.126. The number of nitriles is 1. The molecule has 0 spiro atoms. The number of piperidine rings is 2. The summed E-state index contributed by atoms with van der Waals surface area (Å²) >= 11 is 0. The Bertz CT molecular complexity index is 939. The van der Waals surface area contributed by atoms with Crippen molar-refractivity contribution in [2.75, 3.05) is 38.1 Å². The van der Waals surface area contributed by atoms with Crippen LogP contribution in [0.3, 0.4) is 0 Å². The number of anilines is 1. The van der Waals surface area contributed by atoms with Crippen molar-refractivity contribution in [3.05, 3.63) is 30.1 Å². The fraction of sp³-hybridized carbons (Fsp3) is 0.545. The number of fused-ring (bicyclic) bond motifs is 1. The molecular weight excluding hydrogens is 364 g/mol. The van der Waals surface area contributed by atoms with Crippen LogP contribution < -0.4 is 10.2 Å². The molecule has 4 rings (SSSR count). The Balaban J connectivity index is 1.54. The zero-order valence-electron chi connectivity index (χ0n) is 17.1. The highest BCUT2D eigenvalue weighted by Crippen LogP contribution is 2.32. The molecule has 1 aromatic heterocycles. The smallest absolute Gasteiger partial charge is 0.225 e. The molecule has 3 atom stereocenters. The third-order valence-electron chi connectivity index (χ3n) is 6.07. The second kappa shape index (κ2) is 8.34. The Morgan fingerprint density at radius 1 is 1.21 bits per heavy atom. The maximum absolute atomic E-state index is 13.0. The molecule has 1 amide bonds. The van der Waals surface area contributed by atoms with E-state index in [1.807, 2.05) is 6.07 Å². The maximum atomic E-state index is 13.0. The van der Waals surface area contributed by atoms with Crippen LogP contribution in [0.2, 0.25) is 0 Å². The predicted molar refractivity (Wildman–Crippen MR) is 112 cm³/mol. The van der Waals surface area contributed by atoms with Gasteiger partial charge in [0.25, 0.3) is 0 Å². The molecule has 2 aromatic rings. The van der Waals surface area contributed by atoms with Crippen molar-refractivity contribution in [3.8, 4) is 6.07 Å². The van der Waals surface area contributed by atoms with Crippen LogP contribution in [-0.4, -0.2) is 60.0 Å². The van der Waals surface area contributed by atoms with E-state index >= 15 is 0 Å². The predicted octanol–water partition coefficient (Wildman–Crippen LogP) is 2.17. The Labute approximate surface area is 171 Å². The Morgan fingerprint density at radius 2 is 2.00 bits per heavy atom. The molecule has 3 heterocycles. The highest BCUT2D eigenvalue weighted by Gasteiger charge is 2.32. The van der Waals surface area contributed by atoms with Crippen LogP contribution in [0.5, 0.6) is 0 Å². The van der Waals surface area contributed by atoms with Gasteiger partial charge in [0.15, 0.2) is 0 Å². The van der Waals surface area contributed by atoms with Gasteiger partial charge in [0.1, 0.15) is 17.1 Å². The molecular formula is C22H28N6O. The highest BCUT2D eigenvalue weighted by atomic mass is 16.2. The number of nitrogens with one attached hydrogen (secondary N) is 1. The van der Waals surface area contributed by atoms with Gasteiger partial charge in [-0.2, -0.15) is 5.26 Å². The molecule has 2 saturated heterocycles. The van der Waals surface area contributed by atoms with Gasteiger partial charge in [-0.25, -0.2) is 0 Å². The molecule has 1 unspecified atom stereocenters. The van der Waals surface area contributed by atoms with E-state index in [1.165, 1.54) is 0 Å². The minimum Gasteiger partial charge on any atom is -0.369 e. The lowest BCUT2D eigenvalue weighted by Gasteiger charge is -2.38. The van der Waals surface area contributed by atoms with E-state index in [9.17, 15) is 10.1 Å². The first-order chi connectivity index (χ1) is 14.0. The molecule has 2 fully saturated rings. The molecule has 152 valence electrons. The topological polar surface area (TPSA) is 85.2 Å². The summed E-state index contributed by atoms with van der Waals surface area (Å²) in [5.41, 5.74) is 2.83. The minimum absolute atomic E-state index is 0.0478. The molecule has 2 aliphatic rings. The highest BCUT2D eigenvalue weighted by molar-refractivity contribution is 5.92. The van der Waals surface area contributed by atoms with Gasteiger partial charge in [0.2, 0.25) is 5.91 Å². The number of nitrogens with zero attached hydrogens (tertiary/aromatic N) is 5. The second-order valence-electron chi connectivity index (χ2n) is 8.55. The van der Waals surface area contributed by atoms with Crippen LogP contribution in [0.4, 0.5) is 5.69 Å². The van der Waals surface area contributed by atoms with E-state index in [-0.39, 0.29) is 17.9 Å². The van der Waals surface area contributed by atoms with Crippen LogP contribution in [0.25, 0.3) is 11.0 Å². The van der Waals surface area contributed by atoms with E-state index in [4.69, 9.17) is 0 Å². The van der Waals surface area contributed by atoms with Crippen molar-refractivity contribution >= 4 is 22.6 Å². The lowest BCUT2D eigenvalue weighted by Crippen LogP contribution is -2.51. The van der Waals surface area contributed by atoms with Crippen LogP contribution in [0, 0.1) is 23.2 Å². The van der Waals surface area contributed by atoms with Gasteiger partial charge < -0.3 is 15.1 Å². The maximum Gasteiger partial charge on any atom is 0.225 e. The third kappa shape index (κ3) is 4.18. The van der Waals surface area contributed by atoms with Crippen molar-refractivity contribution in [2.45, 2.75) is 32.2 Å². The zero-order chi connectivity index (χ0) is 20.4. The second-order valence-corrected chi connectivity index (χ2v) is 8.55. The minimum atomic E-state index is -0.0478. The summed E-state index contributed by atoms with van der Waals surface area (Å²) in [5, 5.41) is 12.7. The quantitative estimate of drug-likeness (QED) is 0.862. The Morgan fingerprint density at radius 3 is 2.76 bits per heavy atom. The van der Waals surface area contributed by atoms with Gasteiger partial charge in [-0.3, -0.25) is 14.8 Å². The number of rotatable bonds is 3. The van der Waals surface area contributed by atoms with Gasteiger partial charge in [-0.15, -0.1) is 0 Å². The lowest BCUT2D eigenvalue weighted by atomic mass is 9.88. The Kier molecular flexibility index (Phi) is 5.63. The van der Waals surface area contributed by atoms with Crippen molar-refractivity contribution in [2.24, 2.45) is 11.8 Å². The van der Waals surface area contributed by atoms with Crippen molar-refractivity contribution < 1.29 is 4.79 Å². The molecule has 0 radical (unpaired) electrons. The number of likely N-dealkylation sites (N-methyl/N-ethyl adjacent to an activating group) is 1. The van der Waals surface area contributed by atoms with Crippen LogP contribution in [0.15, 0.2) is 24.5 Å². The first-order valence-corrected chi connectivity index (χ1v) is 10.4. The third-order valence-corrected chi connectivity index (χ3v) is 6.07. The van der Waals surface area contributed by atoms with E-state index in [2.05, 4.69) is 45.1 Å². The molecule has 7 heteroatoms. The number of aromatic nitrogens is 2. The molecule has 7 nitrogen and oxygen atoms in total. The molecule has 0 saturated carbocycles. The number of carbonyl (C=O) groups is 1. The molecule has 2 aliphatic heterocycles. The summed E-state index contributed by atoms with van der Waals surface area (Å²) in [4.78, 5) is 26.4. The van der Waals surface area contributed by atoms with Crippen LogP contribution >= 0.6 is 0 Å². The van der Waals surface area contributed by atoms with Gasteiger partial charge in [-0.05, 0) is 50.9 Å². The largest absolute Gasteiger partial charge is 0.369 e. The molecule has 0 bridgehead atoms. The number of hydrogen-bond acceptors (Lipinski definition) is 6. The van der Waals surface area contributed by atoms with E-state index in [1.54, 1.807) is 18.5 Å². The molecule has 1 aromatic carbocycles. The summed E-state index contributed by atoms with van der Waals surface area (Å²) in [6.45, 7) is 5.75. The average molecular weight is 393 g/mol. The van der Waals surface area contributed by atoms with Crippen LogP contribution in [0.1, 0.15) is 31.7 Å². The van der Waals surface area contributed by atoms with Crippen LogP contribution in [-0.2, 0) is 4.79 Å². The zero-order valence-corrected chi connectivity index (χ0v) is 17.1. The number of likely N-dealkylation sites (tertiary alicyclic amines) is 1. The van der Waals surface area contributed by atoms with Crippen molar-refractivity contribution in [1.82, 2.24) is 20.2 Å². The van der Waals surface area contributed by atoms with E-state index in [0.29, 0.717) is 23.5 Å². The van der Waals surface area contributed by atoms with Crippen molar-refractivity contribution in [3.63, 3.8) is 0 Å². The number of benzene rings is 1. The fourth-order valence-corrected chi connectivity index (χ4v) is 4.73. The SMILES string of the molecule is C[C@@H]1C[C@@H](C(=O)NC2CCCN(C)C2)CN(c2ccc(C#N)c3nccnc23)C1. The standard InChI is InChI=1S/C22H28N6O/c1-15-10-17(22(29)26-18-4-3-9-27(2)14-18)13-28(12-15)19-6-5-16(11-23)20-21(19)25-8-7-24-20/h5-8,15,17-18H,3-4,9-10,12-14H2,1-2H3,(H,26,29)/t15-,17-,18?/m1/s1. The summed E-state index contributed by atoms with van der Waals surface area (Å²) in [5.74, 6) is 0.509. The first-order valence-electron chi connectivity index (χ1n) is 10.4. The van der Waals surface area contributed by atoms with Gasteiger partial charge in [0.05, 0.1) is 17.2 Å². The Hall–Kier alpha value is -2.72. The normalized spacial score (nSPS) is 25.6. The fourth-order valence-electron chi connectivity index (χ4n) is 4.73. The van der Waals surface area contributed by atoms with E-state index < -0.39 is 0 Å². The van der Waals surface area contributed by atoms with E-state index in [0.717, 1.165) is 50.1 Å². The summed E-state index contributed by atoms with van der Waals surface area (Å²) in [6, 6.07) is 6.19. The molecule has 1 N–H and O–H groups in total. The van der Waals surface area contributed by atoms with Crippen molar-refractivity contribution in [1.29, 1.82) is 5.26 Å². The number of amides is 1. The molecule has 0 aliphatic carbocycles. The number of hydrogen-bond donors (Lipinski definition) is 1. The average Bonchev–Trinajstić information content (AvgIpc) is 2.72. The van der Waals surface area contributed by atoms with Gasteiger partial charge in [-0.1, -0.05) is 6.92 Å². The summed E-state index contributed by atoms with van der Waals surface area (Å²) < 4.78 is 0. The summed E-state index contributed by atoms with van der Waals surface area (Å²) in [6.07, 6.45) is 6.35. The molecule has 29 heavy (non-hydrogen) atoms. The first kappa shape index (κ1) is 19.6. The number of carbonyl (C=O) groups excluding carboxylic acids is 1.